The Hall–Kier alpha value is -1.88. The van der Waals surface area contributed by atoms with Crippen molar-refractivity contribution < 1.29 is 14.7 Å². The Balaban J connectivity index is 2.81. The molecule has 1 aromatic rings. The number of benzene rings is 1. The van der Waals surface area contributed by atoms with E-state index in [1.54, 1.807) is 0 Å². The third-order valence-corrected chi connectivity index (χ3v) is 2.89. The van der Waals surface area contributed by atoms with E-state index in [1.165, 1.54) is 0 Å². The number of hydrogen-bond donors (Lipinski definition) is 2. The molecule has 0 aliphatic carbocycles. The predicted molar refractivity (Wildman–Crippen MR) is 72.9 cm³/mol. The van der Waals surface area contributed by atoms with E-state index in [2.05, 4.69) is 5.32 Å². The van der Waals surface area contributed by atoms with Gasteiger partial charge in [0.1, 0.15) is 6.04 Å². The van der Waals surface area contributed by atoms with Crippen molar-refractivity contribution >= 4 is 11.9 Å². The molecule has 104 valence electrons. The van der Waals surface area contributed by atoms with Crippen LogP contribution in [-0.4, -0.2) is 42.5 Å². The fourth-order valence-corrected chi connectivity index (χ4v) is 1.94. The summed E-state index contributed by atoms with van der Waals surface area (Å²) in [6.07, 6.45) is -0.0698. The number of carboxylic acid groups (broad SMARTS) is 1. The van der Waals surface area contributed by atoms with Crippen LogP contribution in [0.25, 0.3) is 0 Å². The highest BCUT2D eigenvalue weighted by Gasteiger charge is 2.23. The minimum atomic E-state index is -0.919. The first-order chi connectivity index (χ1) is 8.93. The lowest BCUT2D eigenvalue weighted by molar-refractivity contribution is -0.137. The zero-order chi connectivity index (χ0) is 14.4. The first-order valence-electron chi connectivity index (χ1n) is 6.15. The Morgan fingerprint density at radius 3 is 2.47 bits per heavy atom. The van der Waals surface area contributed by atoms with Gasteiger partial charge in [-0.05, 0) is 32.1 Å². The summed E-state index contributed by atoms with van der Waals surface area (Å²) in [5.74, 6) is -1.10. The van der Waals surface area contributed by atoms with Crippen molar-refractivity contribution in [3.63, 3.8) is 0 Å². The second-order valence-electron chi connectivity index (χ2n) is 4.66. The van der Waals surface area contributed by atoms with Crippen LogP contribution < -0.4 is 5.32 Å². The largest absolute Gasteiger partial charge is 0.481 e. The second-order valence-corrected chi connectivity index (χ2v) is 4.66. The number of amides is 1. The molecular weight excluding hydrogens is 244 g/mol. The first-order valence-corrected chi connectivity index (χ1v) is 6.15. The molecule has 19 heavy (non-hydrogen) atoms. The van der Waals surface area contributed by atoms with E-state index in [4.69, 9.17) is 5.11 Å². The van der Waals surface area contributed by atoms with E-state index in [9.17, 15) is 9.59 Å². The van der Waals surface area contributed by atoms with Crippen molar-refractivity contribution in [2.45, 2.75) is 19.4 Å². The summed E-state index contributed by atoms with van der Waals surface area (Å²) < 4.78 is 0. The maximum Gasteiger partial charge on any atom is 0.305 e. The molecule has 0 spiro atoms. The normalized spacial score (nSPS) is 12.2. The molecule has 5 nitrogen and oxygen atoms in total. The first kappa shape index (κ1) is 15.2. The van der Waals surface area contributed by atoms with Gasteiger partial charge in [-0.3, -0.25) is 14.5 Å². The van der Waals surface area contributed by atoms with Gasteiger partial charge in [0.25, 0.3) is 0 Å². The van der Waals surface area contributed by atoms with Crippen molar-refractivity contribution in [2.24, 2.45) is 0 Å². The van der Waals surface area contributed by atoms with Gasteiger partial charge in [-0.2, -0.15) is 0 Å². The number of rotatable bonds is 6. The molecule has 0 aliphatic heterocycles. The summed E-state index contributed by atoms with van der Waals surface area (Å²) in [4.78, 5) is 24.4. The minimum absolute atomic E-state index is 0.0698. The van der Waals surface area contributed by atoms with Crippen LogP contribution in [0.4, 0.5) is 0 Å². The van der Waals surface area contributed by atoms with Crippen molar-refractivity contribution in [1.82, 2.24) is 10.2 Å². The highest BCUT2D eigenvalue weighted by atomic mass is 16.4. The molecule has 1 rings (SSSR count). The van der Waals surface area contributed by atoms with Crippen LogP contribution in [-0.2, 0) is 9.59 Å². The summed E-state index contributed by atoms with van der Waals surface area (Å²) in [5.41, 5.74) is 1.97. The Bertz CT molecular complexity index is 458. The average molecular weight is 264 g/mol. The van der Waals surface area contributed by atoms with Gasteiger partial charge in [-0.1, -0.05) is 24.3 Å². The van der Waals surface area contributed by atoms with Gasteiger partial charge in [-0.25, -0.2) is 0 Å². The topological polar surface area (TPSA) is 69.6 Å². The molecule has 1 amide bonds. The molecule has 1 unspecified atom stereocenters. The number of nitrogens with zero attached hydrogens (tertiary/aromatic N) is 1. The van der Waals surface area contributed by atoms with Crippen LogP contribution in [0.2, 0.25) is 0 Å². The van der Waals surface area contributed by atoms with Crippen LogP contribution in [0.3, 0.4) is 0 Å². The lowest BCUT2D eigenvalue weighted by Crippen LogP contribution is -2.38. The molecule has 0 aromatic heterocycles. The summed E-state index contributed by atoms with van der Waals surface area (Å²) in [5, 5.41) is 11.2. The molecule has 0 saturated heterocycles. The number of aryl methyl sites for hydroxylation is 1. The maximum atomic E-state index is 12.2. The van der Waals surface area contributed by atoms with E-state index in [-0.39, 0.29) is 18.9 Å². The zero-order valence-electron chi connectivity index (χ0n) is 11.5. The second kappa shape index (κ2) is 6.89. The third-order valence-electron chi connectivity index (χ3n) is 2.89. The molecule has 0 radical (unpaired) electrons. The Morgan fingerprint density at radius 2 is 1.95 bits per heavy atom. The van der Waals surface area contributed by atoms with Gasteiger partial charge in [0, 0.05) is 6.54 Å². The molecule has 0 heterocycles. The SMILES string of the molecule is Cc1ccccc1C(C(=O)NCCC(=O)O)N(C)C. The van der Waals surface area contributed by atoms with Gasteiger partial charge in [0.15, 0.2) is 0 Å². The Kier molecular flexibility index (Phi) is 5.51. The van der Waals surface area contributed by atoms with E-state index < -0.39 is 12.0 Å². The molecule has 1 aromatic carbocycles. The van der Waals surface area contributed by atoms with Gasteiger partial charge >= 0.3 is 5.97 Å². The third kappa shape index (κ3) is 4.37. The summed E-state index contributed by atoms with van der Waals surface area (Å²) >= 11 is 0. The van der Waals surface area contributed by atoms with Gasteiger partial charge in [0.05, 0.1) is 6.42 Å². The standard InChI is InChI=1S/C14H20N2O3/c1-10-6-4-5-7-11(10)13(16(2)3)14(19)15-9-8-12(17)18/h4-7,13H,8-9H2,1-3H3,(H,15,19)(H,17,18). The quantitative estimate of drug-likeness (QED) is 0.809. The van der Waals surface area contributed by atoms with Crippen molar-refractivity contribution in [1.29, 1.82) is 0 Å². The number of carbonyl (C=O) groups excluding carboxylic acids is 1. The maximum absolute atomic E-state index is 12.2. The highest BCUT2D eigenvalue weighted by molar-refractivity contribution is 5.83. The van der Waals surface area contributed by atoms with E-state index in [0.717, 1.165) is 11.1 Å². The lowest BCUT2D eigenvalue weighted by Gasteiger charge is -2.25. The smallest absolute Gasteiger partial charge is 0.305 e. The summed E-state index contributed by atoms with van der Waals surface area (Å²) in [6, 6.07) is 7.28. The molecular formula is C14H20N2O3. The van der Waals surface area contributed by atoms with Crippen LogP contribution >= 0.6 is 0 Å². The van der Waals surface area contributed by atoms with Crippen LogP contribution in [0, 0.1) is 6.92 Å². The lowest BCUT2D eigenvalue weighted by atomic mass is 10.00. The van der Waals surface area contributed by atoms with Gasteiger partial charge in [0.2, 0.25) is 5.91 Å². The molecule has 1 atom stereocenters. The molecule has 0 fully saturated rings. The number of likely N-dealkylation sites (N-methyl/N-ethyl adjacent to an activating group) is 1. The van der Waals surface area contributed by atoms with E-state index in [0.29, 0.717) is 0 Å². The summed E-state index contributed by atoms with van der Waals surface area (Å²) in [7, 11) is 3.65. The average Bonchev–Trinajstić information content (AvgIpc) is 2.31. The van der Waals surface area contributed by atoms with Gasteiger partial charge in [-0.15, -0.1) is 0 Å². The number of nitrogens with one attached hydrogen (secondary N) is 1. The van der Waals surface area contributed by atoms with Crippen molar-refractivity contribution in [3.05, 3.63) is 35.4 Å². The van der Waals surface area contributed by atoms with Crippen molar-refractivity contribution in [3.8, 4) is 0 Å². The number of carbonyl (C=O) groups is 2. The molecule has 2 N–H and O–H groups in total. The van der Waals surface area contributed by atoms with Gasteiger partial charge < -0.3 is 10.4 Å². The molecule has 5 heteroatoms. The minimum Gasteiger partial charge on any atom is -0.481 e. The number of carboxylic acids is 1. The van der Waals surface area contributed by atoms with E-state index >= 15 is 0 Å². The van der Waals surface area contributed by atoms with Crippen LogP contribution in [0.15, 0.2) is 24.3 Å². The molecule has 0 bridgehead atoms. The fraction of sp³-hybridized carbons (Fsp3) is 0.429. The Morgan fingerprint density at radius 1 is 1.32 bits per heavy atom. The van der Waals surface area contributed by atoms with Crippen LogP contribution in [0.5, 0.6) is 0 Å². The molecule has 0 saturated carbocycles. The zero-order valence-corrected chi connectivity index (χ0v) is 11.5. The Labute approximate surface area is 113 Å². The highest BCUT2D eigenvalue weighted by Crippen LogP contribution is 2.21. The van der Waals surface area contributed by atoms with Crippen molar-refractivity contribution in [2.75, 3.05) is 20.6 Å². The molecule has 0 aliphatic rings. The number of hydrogen-bond acceptors (Lipinski definition) is 3. The predicted octanol–water partition coefficient (Wildman–Crippen LogP) is 1.19. The number of aliphatic carboxylic acids is 1. The monoisotopic (exact) mass is 264 g/mol. The van der Waals surface area contributed by atoms with Crippen LogP contribution in [0.1, 0.15) is 23.6 Å². The fourth-order valence-electron chi connectivity index (χ4n) is 1.94. The van der Waals surface area contributed by atoms with E-state index in [1.807, 2.05) is 50.2 Å². The summed E-state index contributed by atoms with van der Waals surface area (Å²) in [6.45, 7) is 2.10.